The predicted molar refractivity (Wildman–Crippen MR) is 162 cm³/mol. The molecule has 3 aromatic heterocycles. The molecule has 0 saturated carbocycles. The molecule has 1 saturated heterocycles. The fourth-order valence-electron chi connectivity index (χ4n) is 5.50. The zero-order valence-corrected chi connectivity index (χ0v) is 23.6. The van der Waals surface area contributed by atoms with Crippen molar-refractivity contribution in [2.75, 3.05) is 25.4 Å². The number of anilines is 1. The molecule has 3 N–H and O–H groups in total. The zero-order valence-electron chi connectivity index (χ0n) is 23.6. The highest BCUT2D eigenvalue weighted by Crippen LogP contribution is 2.23. The van der Waals surface area contributed by atoms with E-state index in [9.17, 15) is 9.59 Å². The van der Waals surface area contributed by atoms with E-state index >= 15 is 0 Å². The number of nitrogens with zero attached hydrogens (tertiary/aromatic N) is 6. The average molecular weight is 561 g/mol. The van der Waals surface area contributed by atoms with Gasteiger partial charge in [0.25, 0.3) is 11.5 Å². The summed E-state index contributed by atoms with van der Waals surface area (Å²) in [7, 11) is 0. The summed E-state index contributed by atoms with van der Waals surface area (Å²) in [5.41, 5.74) is 8.16. The van der Waals surface area contributed by atoms with Gasteiger partial charge in [0, 0.05) is 23.9 Å². The Morgan fingerprint density at radius 1 is 1.12 bits per heavy atom. The Morgan fingerprint density at radius 2 is 1.90 bits per heavy atom. The average Bonchev–Trinajstić information content (AvgIpc) is 3.36. The molecule has 4 heterocycles. The number of rotatable bonds is 5. The molecule has 1 amide bonds. The van der Waals surface area contributed by atoms with E-state index in [1.807, 2.05) is 48.5 Å². The Bertz CT molecular complexity index is 1890. The van der Waals surface area contributed by atoms with Crippen molar-refractivity contribution >= 4 is 28.3 Å². The van der Waals surface area contributed by atoms with Crippen molar-refractivity contribution in [1.29, 1.82) is 0 Å². The number of nitrogen functional groups attached to an aromatic ring is 1. The number of nitrogens with one attached hydrogen (secondary N) is 1. The number of carbonyl (C=O) groups excluding carboxylic acids is 1. The van der Waals surface area contributed by atoms with Crippen LogP contribution in [0.15, 0.2) is 71.8 Å². The molecule has 1 atom stereocenters. The van der Waals surface area contributed by atoms with Gasteiger partial charge < -0.3 is 16.0 Å². The van der Waals surface area contributed by atoms with Crippen LogP contribution in [0.1, 0.15) is 54.5 Å². The third kappa shape index (κ3) is 5.10. The second-order valence-corrected chi connectivity index (χ2v) is 10.5. The summed E-state index contributed by atoms with van der Waals surface area (Å²) in [5.74, 6) is 7.01. The Balaban J connectivity index is 1.41. The third-order valence-electron chi connectivity index (χ3n) is 7.77. The predicted octanol–water partition coefficient (Wildman–Crippen LogP) is 3.59. The van der Waals surface area contributed by atoms with Gasteiger partial charge in [-0.3, -0.25) is 14.2 Å². The van der Waals surface area contributed by atoms with E-state index in [-0.39, 0.29) is 16.9 Å². The molecule has 5 aromatic rings. The van der Waals surface area contributed by atoms with Crippen molar-refractivity contribution in [3.05, 3.63) is 94.3 Å². The summed E-state index contributed by atoms with van der Waals surface area (Å²) in [6.07, 6.45) is 5.28. The minimum absolute atomic E-state index is 0.0638. The summed E-state index contributed by atoms with van der Waals surface area (Å²) in [5, 5.41) is 7.60. The van der Waals surface area contributed by atoms with Crippen molar-refractivity contribution < 1.29 is 4.79 Å². The van der Waals surface area contributed by atoms with Crippen LogP contribution in [0.3, 0.4) is 0 Å². The Morgan fingerprint density at radius 3 is 2.67 bits per heavy atom. The number of nitrogens with two attached hydrogens (primary N) is 1. The smallest absolute Gasteiger partial charge is 0.267 e. The van der Waals surface area contributed by atoms with Gasteiger partial charge in [0.1, 0.15) is 11.4 Å². The summed E-state index contributed by atoms with van der Waals surface area (Å²) in [6, 6.07) is 15.9. The molecule has 42 heavy (non-hydrogen) atoms. The first kappa shape index (κ1) is 27.2. The maximum Gasteiger partial charge on any atom is 0.267 e. The lowest BCUT2D eigenvalue weighted by Crippen LogP contribution is -2.33. The maximum atomic E-state index is 14.2. The molecule has 0 radical (unpaired) electrons. The number of fused-ring (bicyclic) bond motifs is 2. The van der Waals surface area contributed by atoms with Crippen molar-refractivity contribution in [2.24, 2.45) is 5.92 Å². The SMILES string of the molecule is CCN1CCC(C#Cc2cccc3nc(C(C)NC(=O)c4c(N)nn5cccnc45)n(-c4ccccc4)c(=O)c23)CC1. The minimum Gasteiger partial charge on any atom is -0.381 e. The summed E-state index contributed by atoms with van der Waals surface area (Å²) in [6.45, 7) is 7.10. The zero-order chi connectivity index (χ0) is 29.2. The van der Waals surface area contributed by atoms with Gasteiger partial charge in [0.2, 0.25) is 0 Å². The van der Waals surface area contributed by atoms with Gasteiger partial charge in [-0.1, -0.05) is 43.0 Å². The molecule has 0 aliphatic carbocycles. The van der Waals surface area contributed by atoms with Crippen LogP contribution in [0.2, 0.25) is 0 Å². The van der Waals surface area contributed by atoms with Crippen LogP contribution in [-0.4, -0.2) is 54.6 Å². The number of piperidine rings is 1. The third-order valence-corrected chi connectivity index (χ3v) is 7.77. The highest BCUT2D eigenvalue weighted by Gasteiger charge is 2.25. The van der Waals surface area contributed by atoms with E-state index in [1.165, 1.54) is 4.52 Å². The first-order valence-electron chi connectivity index (χ1n) is 14.2. The molecule has 0 bridgehead atoms. The number of benzene rings is 2. The molecule has 6 rings (SSSR count). The largest absolute Gasteiger partial charge is 0.381 e. The van der Waals surface area contributed by atoms with Crippen molar-refractivity contribution in [2.45, 2.75) is 32.7 Å². The van der Waals surface area contributed by atoms with E-state index in [1.54, 1.807) is 30.0 Å². The fraction of sp³-hybridized carbons (Fsp3) is 0.281. The number of hydrogen-bond acceptors (Lipinski definition) is 7. The van der Waals surface area contributed by atoms with Crippen molar-refractivity contribution in [3.63, 3.8) is 0 Å². The summed E-state index contributed by atoms with van der Waals surface area (Å²) < 4.78 is 3.01. The second-order valence-electron chi connectivity index (χ2n) is 10.5. The Hall–Kier alpha value is -5.01. The first-order chi connectivity index (χ1) is 20.4. The number of carbonyl (C=O) groups is 1. The Kier molecular flexibility index (Phi) is 7.42. The normalized spacial score (nSPS) is 14.9. The van der Waals surface area contributed by atoms with Crippen LogP contribution >= 0.6 is 0 Å². The van der Waals surface area contributed by atoms with E-state index in [4.69, 9.17) is 10.7 Å². The minimum atomic E-state index is -0.661. The molecule has 212 valence electrons. The summed E-state index contributed by atoms with van der Waals surface area (Å²) >= 11 is 0. The van der Waals surface area contributed by atoms with Gasteiger partial charge in [0.05, 0.1) is 22.6 Å². The molecule has 0 spiro atoms. The van der Waals surface area contributed by atoms with Crippen molar-refractivity contribution in [3.8, 4) is 17.5 Å². The topological polar surface area (TPSA) is 123 Å². The molecule has 10 heteroatoms. The molecule has 1 unspecified atom stereocenters. The molecule has 2 aromatic carbocycles. The monoisotopic (exact) mass is 560 g/mol. The van der Waals surface area contributed by atoms with Gasteiger partial charge in [-0.15, -0.1) is 5.10 Å². The van der Waals surface area contributed by atoms with Crippen LogP contribution in [0.5, 0.6) is 0 Å². The van der Waals surface area contributed by atoms with Gasteiger partial charge >= 0.3 is 0 Å². The standard InChI is InChI=1S/C32H32N8O2/c1-3-38-19-15-22(16-20-38)13-14-23-9-7-12-25-26(23)32(42)40(24-10-5-4-6-11-24)29(36-25)21(2)35-31(41)27-28(33)37-39-18-8-17-34-30(27)39/h4-12,17-18,21-22H,3,15-16,19-20H2,1-2H3,(H2,33,37)(H,35,41). The first-order valence-corrected chi connectivity index (χ1v) is 14.2. The molecular formula is C32H32N8O2. The van der Waals surface area contributed by atoms with E-state index in [0.29, 0.717) is 39.5 Å². The highest BCUT2D eigenvalue weighted by atomic mass is 16.2. The lowest BCUT2D eigenvalue weighted by Gasteiger charge is -2.28. The van der Waals surface area contributed by atoms with Gasteiger partial charge in [-0.25, -0.2) is 14.5 Å². The molecule has 10 nitrogen and oxygen atoms in total. The van der Waals surface area contributed by atoms with Gasteiger partial charge in [0.15, 0.2) is 11.5 Å². The fourth-order valence-corrected chi connectivity index (χ4v) is 5.50. The number of amides is 1. The number of para-hydroxylation sites is 1. The number of hydrogen-bond donors (Lipinski definition) is 2. The summed E-state index contributed by atoms with van der Waals surface area (Å²) in [4.78, 5) is 39.3. The van der Waals surface area contributed by atoms with Crippen LogP contribution < -0.4 is 16.6 Å². The van der Waals surface area contributed by atoms with Crippen LogP contribution in [0.25, 0.3) is 22.2 Å². The molecule has 1 aliphatic rings. The van der Waals surface area contributed by atoms with E-state index < -0.39 is 11.9 Å². The molecule has 1 aliphatic heterocycles. The molecule has 1 fully saturated rings. The van der Waals surface area contributed by atoms with Crippen molar-refractivity contribution in [1.82, 2.24) is 34.4 Å². The van der Waals surface area contributed by atoms with Gasteiger partial charge in [-0.05, 0) is 69.7 Å². The van der Waals surface area contributed by atoms with E-state index in [0.717, 1.165) is 32.5 Å². The second kappa shape index (κ2) is 11.5. The number of aromatic nitrogens is 5. The van der Waals surface area contributed by atoms with Gasteiger partial charge in [-0.2, -0.15) is 0 Å². The number of likely N-dealkylation sites (tertiary alicyclic amines) is 1. The Labute approximate surface area is 243 Å². The van der Waals surface area contributed by atoms with E-state index in [2.05, 4.69) is 39.1 Å². The van der Waals surface area contributed by atoms with Crippen LogP contribution in [-0.2, 0) is 0 Å². The van der Waals surface area contributed by atoms with Crippen LogP contribution in [0, 0.1) is 17.8 Å². The lowest BCUT2D eigenvalue weighted by molar-refractivity contribution is 0.0940. The lowest BCUT2D eigenvalue weighted by atomic mass is 9.97. The quantitative estimate of drug-likeness (QED) is 0.315. The molecular weight excluding hydrogens is 528 g/mol. The van der Waals surface area contributed by atoms with Crippen LogP contribution in [0.4, 0.5) is 5.82 Å². The maximum absolute atomic E-state index is 14.2. The highest BCUT2D eigenvalue weighted by molar-refractivity contribution is 6.04.